The summed E-state index contributed by atoms with van der Waals surface area (Å²) in [6.07, 6.45) is 2.04. The lowest BCUT2D eigenvalue weighted by atomic mass is 9.89. The highest BCUT2D eigenvalue weighted by Gasteiger charge is 2.13. The molecule has 1 heteroatoms. The van der Waals surface area contributed by atoms with Crippen LogP contribution in [0.4, 0.5) is 0 Å². The third kappa shape index (κ3) is 8.35. The second-order valence-corrected chi connectivity index (χ2v) is 15.2. The Kier molecular flexibility index (Phi) is 12.6. The van der Waals surface area contributed by atoms with Gasteiger partial charge in [-0.2, -0.15) is 0 Å². The van der Waals surface area contributed by atoms with Gasteiger partial charge in [0.1, 0.15) is 0 Å². The summed E-state index contributed by atoms with van der Waals surface area (Å²) in [7, 11) is 0. The third-order valence-electron chi connectivity index (χ3n) is 9.50. The lowest BCUT2D eigenvalue weighted by Crippen LogP contribution is -1.98. The van der Waals surface area contributed by atoms with Crippen LogP contribution in [0.2, 0.25) is 0 Å². The van der Waals surface area contributed by atoms with E-state index in [1.165, 1.54) is 65.8 Å². The molecule has 0 unspecified atom stereocenters. The van der Waals surface area contributed by atoms with Crippen LogP contribution < -0.4 is 0 Å². The van der Waals surface area contributed by atoms with Crippen molar-refractivity contribution in [2.45, 2.75) is 119 Å². The molecule has 1 nitrogen and oxygen atoms in total. The van der Waals surface area contributed by atoms with E-state index in [1.807, 2.05) is 6.20 Å². The number of aromatic nitrogens is 1. The molecule has 48 heavy (non-hydrogen) atoms. The molecule has 0 N–H and O–H groups in total. The van der Waals surface area contributed by atoms with Gasteiger partial charge in [-0.25, -0.2) is 0 Å². The van der Waals surface area contributed by atoms with Crippen LogP contribution in [0.15, 0.2) is 103 Å². The van der Waals surface area contributed by atoms with Crippen LogP contribution in [-0.4, -0.2) is 4.98 Å². The van der Waals surface area contributed by atoms with Crippen molar-refractivity contribution in [3.05, 3.63) is 137 Å². The van der Waals surface area contributed by atoms with Crippen LogP contribution in [0, 0.1) is 0 Å². The quantitative estimate of drug-likeness (QED) is 0.177. The van der Waals surface area contributed by atoms with Gasteiger partial charge in [-0.05, 0) is 90.3 Å². The van der Waals surface area contributed by atoms with Gasteiger partial charge in [0.2, 0.25) is 0 Å². The SMILES string of the molecule is CC(C)c1ccc(C(C)C)c2ccccc12.CC(C)c1ccc(C(C)C)c2ccccc12.CC(C)c1cnc(C(C)C)c2ccccc12. The Hall–Kier alpha value is -3.97. The standard InChI is InChI=1S/2C16H20.C15H19N/c2*1-11(2)13-9-10-14(12(3)4)16-8-6-5-7-15(13)16;1-10(2)14-9-16-15(11(3)4)13-8-6-5-7-12(13)14/h2*5-12H,1-4H3;5-11H,1-4H3. The maximum Gasteiger partial charge on any atom is 0.0507 e. The Labute approximate surface area is 291 Å². The molecule has 6 aromatic rings. The maximum absolute atomic E-state index is 4.63. The molecule has 0 aliphatic rings. The summed E-state index contributed by atoms with van der Waals surface area (Å²) in [6.45, 7) is 26.9. The Morgan fingerprint density at radius 2 is 0.542 bits per heavy atom. The zero-order chi connectivity index (χ0) is 35.1. The maximum atomic E-state index is 4.63. The molecular weight excluding hydrogens is 579 g/mol. The first-order valence-corrected chi connectivity index (χ1v) is 18.2. The molecule has 0 saturated carbocycles. The Balaban J connectivity index is 0.000000163. The van der Waals surface area contributed by atoms with Crippen molar-refractivity contribution in [1.82, 2.24) is 4.98 Å². The van der Waals surface area contributed by atoms with Crippen molar-refractivity contribution in [3.8, 4) is 0 Å². The van der Waals surface area contributed by atoms with E-state index in [0.717, 1.165) is 0 Å². The predicted molar refractivity (Wildman–Crippen MR) is 214 cm³/mol. The fourth-order valence-corrected chi connectivity index (χ4v) is 6.86. The minimum atomic E-state index is 0.478. The van der Waals surface area contributed by atoms with E-state index >= 15 is 0 Å². The van der Waals surface area contributed by atoms with Gasteiger partial charge in [-0.15, -0.1) is 0 Å². The molecule has 0 aliphatic carbocycles. The topological polar surface area (TPSA) is 12.9 Å². The minimum Gasteiger partial charge on any atom is -0.260 e. The van der Waals surface area contributed by atoms with Crippen molar-refractivity contribution in [3.63, 3.8) is 0 Å². The Morgan fingerprint density at radius 1 is 0.292 bits per heavy atom. The minimum absolute atomic E-state index is 0.478. The van der Waals surface area contributed by atoms with Crippen molar-refractivity contribution in [2.24, 2.45) is 0 Å². The molecule has 5 aromatic carbocycles. The molecule has 0 saturated heterocycles. The summed E-state index contributed by atoms with van der Waals surface area (Å²) in [5, 5.41) is 8.35. The number of rotatable bonds is 6. The zero-order valence-corrected chi connectivity index (χ0v) is 31.7. The summed E-state index contributed by atoms with van der Waals surface area (Å²) in [6, 6.07) is 35.3. The molecule has 0 atom stereocenters. The summed E-state index contributed by atoms with van der Waals surface area (Å²) >= 11 is 0. The Morgan fingerprint density at radius 3 is 0.792 bits per heavy atom. The molecule has 0 fully saturated rings. The predicted octanol–water partition coefficient (Wildman–Crippen LogP) is 14.7. The van der Waals surface area contributed by atoms with Crippen LogP contribution in [0.5, 0.6) is 0 Å². The molecule has 1 aromatic heterocycles. The normalized spacial score (nSPS) is 11.6. The number of pyridine rings is 1. The number of fused-ring (bicyclic) bond motifs is 3. The highest BCUT2D eigenvalue weighted by molar-refractivity contribution is 5.90. The van der Waals surface area contributed by atoms with Gasteiger partial charge >= 0.3 is 0 Å². The van der Waals surface area contributed by atoms with E-state index in [1.54, 1.807) is 0 Å². The summed E-state index contributed by atoms with van der Waals surface area (Å²) in [4.78, 5) is 4.63. The smallest absolute Gasteiger partial charge is 0.0507 e. The molecule has 0 radical (unpaired) electrons. The van der Waals surface area contributed by atoms with E-state index in [2.05, 4.69) is 185 Å². The molecule has 1 heterocycles. The second-order valence-electron chi connectivity index (χ2n) is 15.2. The summed E-state index contributed by atoms with van der Waals surface area (Å²) < 4.78 is 0. The molecular formula is C47H59N. The third-order valence-corrected chi connectivity index (χ3v) is 9.50. The van der Waals surface area contributed by atoms with Gasteiger partial charge in [-0.3, -0.25) is 4.98 Å². The molecule has 0 aliphatic heterocycles. The second kappa shape index (κ2) is 16.4. The highest BCUT2D eigenvalue weighted by Crippen LogP contribution is 2.33. The van der Waals surface area contributed by atoms with E-state index in [-0.39, 0.29) is 0 Å². The van der Waals surface area contributed by atoms with E-state index in [9.17, 15) is 0 Å². The van der Waals surface area contributed by atoms with E-state index < -0.39 is 0 Å². The molecule has 0 bridgehead atoms. The molecule has 0 amide bonds. The molecule has 6 rings (SSSR count). The van der Waals surface area contributed by atoms with Crippen LogP contribution in [0.3, 0.4) is 0 Å². The number of hydrogen-bond donors (Lipinski definition) is 0. The monoisotopic (exact) mass is 637 g/mol. The van der Waals surface area contributed by atoms with Crippen LogP contribution in [-0.2, 0) is 0 Å². The van der Waals surface area contributed by atoms with Gasteiger partial charge < -0.3 is 0 Å². The van der Waals surface area contributed by atoms with E-state index in [4.69, 9.17) is 0 Å². The van der Waals surface area contributed by atoms with Crippen molar-refractivity contribution in [1.29, 1.82) is 0 Å². The Bertz CT molecular complexity index is 1570. The highest BCUT2D eigenvalue weighted by atomic mass is 14.7. The number of benzene rings is 5. The van der Waals surface area contributed by atoms with Crippen LogP contribution in [0.1, 0.15) is 152 Å². The van der Waals surface area contributed by atoms with Gasteiger partial charge in [0.25, 0.3) is 0 Å². The fourth-order valence-electron chi connectivity index (χ4n) is 6.86. The number of hydrogen-bond acceptors (Lipinski definition) is 1. The molecule has 252 valence electrons. The van der Waals surface area contributed by atoms with Crippen molar-refractivity contribution in [2.75, 3.05) is 0 Å². The van der Waals surface area contributed by atoms with Gasteiger partial charge in [0.05, 0.1) is 5.69 Å². The first kappa shape index (κ1) is 36.9. The van der Waals surface area contributed by atoms with Crippen molar-refractivity contribution < 1.29 is 0 Å². The van der Waals surface area contributed by atoms with E-state index in [0.29, 0.717) is 35.5 Å². The van der Waals surface area contributed by atoms with Gasteiger partial charge in [-0.1, -0.05) is 180 Å². The average Bonchev–Trinajstić information content (AvgIpc) is 3.06. The van der Waals surface area contributed by atoms with Crippen LogP contribution >= 0.6 is 0 Å². The lowest BCUT2D eigenvalue weighted by Gasteiger charge is -2.15. The number of nitrogens with zero attached hydrogens (tertiary/aromatic N) is 1. The lowest BCUT2D eigenvalue weighted by molar-refractivity contribution is 0.818. The van der Waals surface area contributed by atoms with Crippen molar-refractivity contribution >= 4 is 32.3 Å². The fraction of sp³-hybridized carbons (Fsp3) is 0.383. The average molecular weight is 638 g/mol. The largest absolute Gasteiger partial charge is 0.260 e. The summed E-state index contributed by atoms with van der Waals surface area (Å²) in [5.74, 6) is 3.36. The first-order valence-electron chi connectivity index (χ1n) is 18.2. The van der Waals surface area contributed by atoms with Gasteiger partial charge in [0, 0.05) is 11.6 Å². The van der Waals surface area contributed by atoms with Crippen LogP contribution in [0.25, 0.3) is 32.3 Å². The summed E-state index contributed by atoms with van der Waals surface area (Å²) in [5.41, 5.74) is 8.39. The molecule has 0 spiro atoms. The van der Waals surface area contributed by atoms with Gasteiger partial charge in [0.15, 0.2) is 0 Å². The zero-order valence-electron chi connectivity index (χ0n) is 31.7. The first-order chi connectivity index (χ1) is 22.8.